The lowest BCUT2D eigenvalue weighted by molar-refractivity contribution is 0.130. The number of pyridine rings is 1. The van der Waals surface area contributed by atoms with Crippen molar-refractivity contribution >= 4 is 10.9 Å². The van der Waals surface area contributed by atoms with Gasteiger partial charge in [0.15, 0.2) is 0 Å². The van der Waals surface area contributed by atoms with Gasteiger partial charge in [-0.3, -0.25) is 14.8 Å². The Bertz CT molecular complexity index is 561. The van der Waals surface area contributed by atoms with Crippen molar-refractivity contribution in [2.45, 2.75) is 6.54 Å². The summed E-state index contributed by atoms with van der Waals surface area (Å²) >= 11 is 0. The highest BCUT2D eigenvalue weighted by Crippen LogP contribution is 2.15. The van der Waals surface area contributed by atoms with Gasteiger partial charge in [-0.25, -0.2) is 0 Å². The van der Waals surface area contributed by atoms with Crippen molar-refractivity contribution in [3.05, 3.63) is 42.1 Å². The fourth-order valence-corrected chi connectivity index (χ4v) is 2.84. The molecule has 0 radical (unpaired) electrons. The van der Waals surface area contributed by atoms with Crippen molar-refractivity contribution in [3.8, 4) is 0 Å². The molecule has 0 unspecified atom stereocenters. The third-order valence-electron chi connectivity index (χ3n) is 3.98. The third kappa shape index (κ3) is 3.15. The smallest absolute Gasteiger partial charge is 0.0702 e. The zero-order valence-electron chi connectivity index (χ0n) is 11.8. The molecule has 0 amide bonds. The van der Waals surface area contributed by atoms with Crippen molar-refractivity contribution in [1.29, 1.82) is 0 Å². The Kier molecular flexibility index (Phi) is 4.25. The van der Waals surface area contributed by atoms with E-state index in [2.05, 4.69) is 39.0 Å². The Labute approximate surface area is 120 Å². The normalized spacial score (nSPS) is 17.6. The van der Waals surface area contributed by atoms with Crippen LogP contribution in [0.1, 0.15) is 5.56 Å². The van der Waals surface area contributed by atoms with Gasteiger partial charge in [-0.05, 0) is 23.8 Å². The Hall–Kier alpha value is -1.49. The van der Waals surface area contributed by atoms with E-state index in [1.807, 2.05) is 12.3 Å². The first-order valence-electron chi connectivity index (χ1n) is 7.33. The van der Waals surface area contributed by atoms with E-state index in [-0.39, 0.29) is 0 Å². The number of nitrogens with two attached hydrogens (primary N) is 1. The van der Waals surface area contributed by atoms with Crippen molar-refractivity contribution < 1.29 is 0 Å². The van der Waals surface area contributed by atoms with Crippen LogP contribution in [0.25, 0.3) is 10.9 Å². The minimum absolute atomic E-state index is 0.762. The molecular formula is C16H22N4. The minimum atomic E-state index is 0.762. The van der Waals surface area contributed by atoms with Crippen LogP contribution in [0.4, 0.5) is 0 Å². The van der Waals surface area contributed by atoms with Crippen LogP contribution in [-0.4, -0.2) is 54.1 Å². The van der Waals surface area contributed by atoms with E-state index >= 15 is 0 Å². The molecule has 4 heteroatoms. The molecule has 2 heterocycles. The summed E-state index contributed by atoms with van der Waals surface area (Å²) in [6, 6.07) is 10.7. The molecule has 1 saturated heterocycles. The average Bonchev–Trinajstić information content (AvgIpc) is 2.49. The molecule has 20 heavy (non-hydrogen) atoms. The minimum Gasteiger partial charge on any atom is -0.329 e. The SMILES string of the molecule is NCCN1CCN(Cc2ccc3ncccc3c2)CC1. The van der Waals surface area contributed by atoms with E-state index in [4.69, 9.17) is 5.73 Å². The summed E-state index contributed by atoms with van der Waals surface area (Å²) in [4.78, 5) is 9.33. The monoisotopic (exact) mass is 270 g/mol. The Morgan fingerprint density at radius 2 is 1.85 bits per heavy atom. The van der Waals surface area contributed by atoms with Gasteiger partial charge in [0.05, 0.1) is 5.52 Å². The summed E-state index contributed by atoms with van der Waals surface area (Å²) in [5.74, 6) is 0. The lowest BCUT2D eigenvalue weighted by atomic mass is 10.1. The molecule has 1 aliphatic rings. The molecule has 1 aliphatic heterocycles. The van der Waals surface area contributed by atoms with Crippen LogP contribution < -0.4 is 5.73 Å². The highest BCUT2D eigenvalue weighted by Gasteiger charge is 2.16. The Morgan fingerprint density at radius 1 is 1.05 bits per heavy atom. The van der Waals surface area contributed by atoms with E-state index in [0.717, 1.165) is 51.3 Å². The zero-order chi connectivity index (χ0) is 13.8. The molecule has 4 nitrogen and oxygen atoms in total. The van der Waals surface area contributed by atoms with Gasteiger partial charge in [0.2, 0.25) is 0 Å². The van der Waals surface area contributed by atoms with Gasteiger partial charge in [0.25, 0.3) is 0 Å². The standard InChI is InChI=1S/C16H22N4/c17-5-7-19-8-10-20(11-9-19)13-14-3-4-16-15(12-14)2-1-6-18-16/h1-4,6,12H,5,7-11,13,17H2. The Balaban J connectivity index is 1.62. The van der Waals surface area contributed by atoms with E-state index in [0.29, 0.717) is 0 Å². The quantitative estimate of drug-likeness (QED) is 0.910. The molecule has 0 bridgehead atoms. The second-order valence-electron chi connectivity index (χ2n) is 5.44. The van der Waals surface area contributed by atoms with E-state index in [9.17, 15) is 0 Å². The van der Waals surface area contributed by atoms with E-state index < -0.39 is 0 Å². The summed E-state index contributed by atoms with van der Waals surface area (Å²) in [7, 11) is 0. The third-order valence-corrected chi connectivity index (χ3v) is 3.98. The molecule has 1 fully saturated rings. The van der Waals surface area contributed by atoms with Gasteiger partial charge >= 0.3 is 0 Å². The van der Waals surface area contributed by atoms with Crippen molar-refractivity contribution in [2.24, 2.45) is 5.73 Å². The van der Waals surface area contributed by atoms with Crippen LogP contribution in [0.2, 0.25) is 0 Å². The van der Waals surface area contributed by atoms with Crippen molar-refractivity contribution in [3.63, 3.8) is 0 Å². The number of aromatic nitrogens is 1. The number of rotatable bonds is 4. The molecule has 2 N–H and O–H groups in total. The highest BCUT2D eigenvalue weighted by molar-refractivity contribution is 5.78. The molecule has 106 valence electrons. The molecule has 2 aromatic rings. The number of nitrogens with zero attached hydrogens (tertiary/aromatic N) is 3. The van der Waals surface area contributed by atoms with Crippen LogP contribution in [0.15, 0.2) is 36.5 Å². The molecule has 1 aromatic heterocycles. The van der Waals surface area contributed by atoms with Crippen molar-refractivity contribution in [2.75, 3.05) is 39.3 Å². The van der Waals surface area contributed by atoms with E-state index in [1.54, 1.807) is 0 Å². The largest absolute Gasteiger partial charge is 0.329 e. The highest BCUT2D eigenvalue weighted by atomic mass is 15.3. The lowest BCUT2D eigenvalue weighted by Crippen LogP contribution is -2.47. The van der Waals surface area contributed by atoms with Gasteiger partial charge < -0.3 is 5.73 Å². The van der Waals surface area contributed by atoms with Gasteiger partial charge in [-0.15, -0.1) is 0 Å². The number of piperazine rings is 1. The maximum Gasteiger partial charge on any atom is 0.0702 e. The van der Waals surface area contributed by atoms with Gasteiger partial charge in [0, 0.05) is 57.4 Å². The van der Waals surface area contributed by atoms with Gasteiger partial charge in [-0.1, -0.05) is 12.1 Å². The predicted molar refractivity (Wildman–Crippen MR) is 82.5 cm³/mol. The molecule has 0 spiro atoms. The number of hydrogen-bond acceptors (Lipinski definition) is 4. The van der Waals surface area contributed by atoms with Crippen LogP contribution in [0, 0.1) is 0 Å². The lowest BCUT2D eigenvalue weighted by Gasteiger charge is -2.34. The molecule has 0 saturated carbocycles. The molecule has 0 atom stereocenters. The second-order valence-corrected chi connectivity index (χ2v) is 5.44. The summed E-state index contributed by atoms with van der Waals surface area (Å²) < 4.78 is 0. The first-order chi connectivity index (χ1) is 9.85. The summed E-state index contributed by atoms with van der Waals surface area (Å²) in [6.07, 6.45) is 1.85. The zero-order valence-corrected chi connectivity index (χ0v) is 11.8. The predicted octanol–water partition coefficient (Wildman–Crippen LogP) is 1.31. The topological polar surface area (TPSA) is 45.4 Å². The number of fused-ring (bicyclic) bond motifs is 1. The van der Waals surface area contributed by atoms with Crippen LogP contribution in [-0.2, 0) is 6.54 Å². The summed E-state index contributed by atoms with van der Waals surface area (Å²) in [5, 5.41) is 1.23. The molecule has 3 rings (SSSR count). The van der Waals surface area contributed by atoms with E-state index in [1.165, 1.54) is 10.9 Å². The number of benzene rings is 1. The molecular weight excluding hydrogens is 248 g/mol. The summed E-state index contributed by atoms with van der Waals surface area (Å²) in [5.41, 5.74) is 8.06. The molecule has 0 aliphatic carbocycles. The maximum atomic E-state index is 5.61. The van der Waals surface area contributed by atoms with Crippen LogP contribution in [0.5, 0.6) is 0 Å². The maximum absolute atomic E-state index is 5.61. The van der Waals surface area contributed by atoms with Crippen LogP contribution >= 0.6 is 0 Å². The fraction of sp³-hybridized carbons (Fsp3) is 0.438. The van der Waals surface area contributed by atoms with Crippen LogP contribution in [0.3, 0.4) is 0 Å². The second kappa shape index (κ2) is 6.31. The Morgan fingerprint density at radius 3 is 2.65 bits per heavy atom. The van der Waals surface area contributed by atoms with Gasteiger partial charge in [0.1, 0.15) is 0 Å². The first kappa shape index (κ1) is 13.5. The molecule has 1 aromatic carbocycles. The summed E-state index contributed by atoms with van der Waals surface area (Å²) in [6.45, 7) is 7.34. The van der Waals surface area contributed by atoms with Crippen molar-refractivity contribution in [1.82, 2.24) is 14.8 Å². The average molecular weight is 270 g/mol. The van der Waals surface area contributed by atoms with Gasteiger partial charge in [-0.2, -0.15) is 0 Å². The fourth-order valence-electron chi connectivity index (χ4n) is 2.84. The number of hydrogen-bond donors (Lipinski definition) is 1. The first-order valence-corrected chi connectivity index (χ1v) is 7.33.